The summed E-state index contributed by atoms with van der Waals surface area (Å²) in [6.07, 6.45) is 0.319. The lowest BCUT2D eigenvalue weighted by atomic mass is 9.56. The molecule has 1 aliphatic rings. The fraction of sp³-hybridized carbons (Fsp3) is 0.214. The van der Waals surface area contributed by atoms with Crippen molar-refractivity contribution in [3.63, 3.8) is 0 Å². The Kier molecular flexibility index (Phi) is 6.66. The summed E-state index contributed by atoms with van der Waals surface area (Å²) in [6, 6.07) is 19.4. The molecule has 0 radical (unpaired) electrons. The predicted octanol–water partition coefficient (Wildman–Crippen LogP) is 8.15. The van der Waals surface area contributed by atoms with Crippen molar-refractivity contribution in [1.29, 1.82) is 0 Å². The number of hydrogen-bond acceptors (Lipinski definition) is 8. The van der Waals surface area contributed by atoms with E-state index in [0.29, 0.717) is 16.2 Å². The van der Waals surface area contributed by atoms with Crippen LogP contribution in [-0.2, 0) is 5.60 Å². The summed E-state index contributed by atoms with van der Waals surface area (Å²) in [5.41, 5.74) is -1.40. The van der Waals surface area contributed by atoms with Gasteiger partial charge < -0.3 is 5.11 Å². The van der Waals surface area contributed by atoms with E-state index in [9.17, 15) is 14.7 Å². The third kappa shape index (κ3) is 4.10. The average molecular weight is 567 g/mol. The van der Waals surface area contributed by atoms with Crippen LogP contribution in [0.4, 0.5) is 0 Å². The van der Waals surface area contributed by atoms with Crippen LogP contribution in [0.5, 0.6) is 0 Å². The first-order valence-corrected chi connectivity index (χ1v) is 16.0. The Hall–Kier alpha value is -2.20. The Morgan fingerprint density at radius 2 is 1.25 bits per heavy atom. The van der Waals surface area contributed by atoms with Gasteiger partial charge in [0.2, 0.25) is 0 Å². The SMILES string of the molecule is O=C(c1cccs1)C1C(c2cccs2)CC(O)(c2cccs2)C(C(=O)c2cccs2)C1c1cccs1. The van der Waals surface area contributed by atoms with Crippen LogP contribution in [0.25, 0.3) is 0 Å². The lowest BCUT2D eigenvalue weighted by Gasteiger charge is -2.50. The zero-order valence-electron chi connectivity index (χ0n) is 19.0. The van der Waals surface area contributed by atoms with Crippen LogP contribution < -0.4 is 0 Å². The lowest BCUT2D eigenvalue weighted by Crippen LogP contribution is -2.52. The molecule has 0 saturated heterocycles. The van der Waals surface area contributed by atoms with Gasteiger partial charge in [0.1, 0.15) is 5.60 Å². The van der Waals surface area contributed by atoms with Crippen LogP contribution in [-0.4, -0.2) is 16.7 Å². The lowest BCUT2D eigenvalue weighted by molar-refractivity contribution is -0.0653. The Morgan fingerprint density at radius 1 is 0.694 bits per heavy atom. The molecule has 0 amide bonds. The van der Waals surface area contributed by atoms with Crippen LogP contribution in [0.3, 0.4) is 0 Å². The highest BCUT2D eigenvalue weighted by Crippen LogP contribution is 2.60. The molecule has 6 rings (SSSR count). The molecule has 5 heterocycles. The molecule has 1 N–H and O–H groups in total. The van der Waals surface area contributed by atoms with Crippen LogP contribution >= 0.6 is 56.7 Å². The van der Waals surface area contributed by atoms with Crippen molar-refractivity contribution in [1.82, 2.24) is 0 Å². The third-order valence-corrected chi connectivity index (χ3v) is 11.8. The highest BCUT2D eigenvalue weighted by molar-refractivity contribution is 7.13. The fourth-order valence-electron chi connectivity index (χ4n) is 5.61. The first kappa shape index (κ1) is 24.2. The molecule has 1 aliphatic carbocycles. The van der Waals surface area contributed by atoms with E-state index in [1.54, 1.807) is 22.7 Å². The van der Waals surface area contributed by atoms with E-state index in [2.05, 4.69) is 6.07 Å². The summed E-state index contributed by atoms with van der Waals surface area (Å²) in [7, 11) is 0. The number of ketones is 2. The summed E-state index contributed by atoms with van der Waals surface area (Å²) in [4.78, 5) is 32.7. The molecule has 8 heteroatoms. The second-order valence-corrected chi connectivity index (χ2v) is 13.8. The molecule has 0 spiro atoms. The highest BCUT2D eigenvalue weighted by atomic mass is 32.1. The summed E-state index contributed by atoms with van der Waals surface area (Å²) >= 11 is 7.49. The summed E-state index contributed by atoms with van der Waals surface area (Å²) < 4.78 is 0. The summed E-state index contributed by atoms with van der Waals surface area (Å²) in [6.45, 7) is 0. The maximum absolute atomic E-state index is 14.3. The smallest absolute Gasteiger partial charge is 0.179 e. The molecule has 3 nitrogen and oxygen atoms in total. The number of carbonyl (C=O) groups is 2. The van der Waals surface area contributed by atoms with E-state index in [-0.39, 0.29) is 17.5 Å². The number of carbonyl (C=O) groups excluding carboxylic acids is 2. The van der Waals surface area contributed by atoms with Crippen molar-refractivity contribution < 1.29 is 14.7 Å². The number of Topliss-reactive ketones (excluding diaryl/α,β-unsaturated/α-hetero) is 2. The maximum Gasteiger partial charge on any atom is 0.179 e. The van der Waals surface area contributed by atoms with E-state index < -0.39 is 23.4 Å². The molecule has 182 valence electrons. The van der Waals surface area contributed by atoms with E-state index in [4.69, 9.17) is 0 Å². The molecule has 5 aromatic rings. The van der Waals surface area contributed by atoms with Gasteiger partial charge in [-0.2, -0.15) is 0 Å². The molecule has 0 aliphatic heterocycles. The minimum Gasteiger partial charge on any atom is -0.384 e. The van der Waals surface area contributed by atoms with Crippen LogP contribution in [0.1, 0.15) is 52.2 Å². The highest BCUT2D eigenvalue weighted by Gasteiger charge is 2.59. The van der Waals surface area contributed by atoms with Gasteiger partial charge in [-0.25, -0.2) is 0 Å². The monoisotopic (exact) mass is 566 g/mol. The standard InChI is InChI=1S/C28H22O3S5/c29-26(20-8-3-13-34-20)23-17(18-6-1-11-32-18)16-28(31,22-10-5-15-36-22)25(24(23)19-7-2-12-33-19)27(30)21-9-4-14-35-21/h1-15,17,23-25,31H,16H2. The Labute approximate surface area is 229 Å². The Bertz CT molecular complexity index is 1420. The van der Waals surface area contributed by atoms with Crippen molar-refractivity contribution >= 4 is 68.3 Å². The van der Waals surface area contributed by atoms with E-state index in [1.807, 2.05) is 81.5 Å². The molecule has 0 bridgehead atoms. The number of thiophene rings is 5. The van der Waals surface area contributed by atoms with Crippen molar-refractivity contribution in [3.8, 4) is 0 Å². The van der Waals surface area contributed by atoms with E-state index in [1.165, 1.54) is 34.0 Å². The summed E-state index contributed by atoms with van der Waals surface area (Å²) in [5, 5.41) is 22.4. The average Bonchev–Trinajstić information content (AvgIpc) is 3.74. The molecule has 5 aromatic heterocycles. The second-order valence-electron chi connectivity index (χ2n) is 8.96. The van der Waals surface area contributed by atoms with Gasteiger partial charge in [-0.3, -0.25) is 9.59 Å². The number of aliphatic hydroxyl groups is 1. The summed E-state index contributed by atoms with van der Waals surface area (Å²) in [5.74, 6) is -1.95. The fourth-order valence-corrected chi connectivity index (χ4v) is 9.69. The number of rotatable bonds is 7. The van der Waals surface area contributed by atoms with Crippen LogP contribution in [0, 0.1) is 11.8 Å². The van der Waals surface area contributed by atoms with Gasteiger partial charge in [-0.1, -0.05) is 30.3 Å². The van der Waals surface area contributed by atoms with E-state index >= 15 is 0 Å². The van der Waals surface area contributed by atoms with Gasteiger partial charge in [-0.05, 0) is 63.7 Å². The molecular formula is C28H22O3S5. The first-order valence-electron chi connectivity index (χ1n) is 11.6. The third-order valence-electron chi connectivity index (χ3n) is 7.07. The molecule has 1 saturated carbocycles. The minimum atomic E-state index is -1.40. The normalized spacial score (nSPS) is 26.1. The predicted molar refractivity (Wildman–Crippen MR) is 151 cm³/mol. The maximum atomic E-state index is 14.3. The van der Waals surface area contributed by atoms with Gasteiger partial charge in [0.05, 0.1) is 15.7 Å². The van der Waals surface area contributed by atoms with Gasteiger partial charge in [0, 0.05) is 32.4 Å². The minimum absolute atomic E-state index is 0.0546. The zero-order chi connectivity index (χ0) is 24.7. The van der Waals surface area contributed by atoms with Gasteiger partial charge in [-0.15, -0.1) is 56.7 Å². The van der Waals surface area contributed by atoms with Crippen molar-refractivity contribution in [2.45, 2.75) is 23.9 Å². The zero-order valence-corrected chi connectivity index (χ0v) is 23.1. The molecule has 5 unspecified atom stereocenters. The van der Waals surface area contributed by atoms with Crippen LogP contribution in [0.15, 0.2) is 87.6 Å². The topological polar surface area (TPSA) is 54.4 Å². The van der Waals surface area contributed by atoms with Crippen molar-refractivity contribution in [2.24, 2.45) is 11.8 Å². The molecular weight excluding hydrogens is 545 g/mol. The Balaban J connectivity index is 1.61. The van der Waals surface area contributed by atoms with Crippen molar-refractivity contribution in [2.75, 3.05) is 0 Å². The Morgan fingerprint density at radius 3 is 1.81 bits per heavy atom. The molecule has 0 aromatic carbocycles. The van der Waals surface area contributed by atoms with Crippen LogP contribution in [0.2, 0.25) is 0 Å². The van der Waals surface area contributed by atoms with Gasteiger partial charge in [0.15, 0.2) is 11.6 Å². The quantitative estimate of drug-likeness (QED) is 0.202. The second kappa shape index (κ2) is 9.93. The number of hydrogen-bond donors (Lipinski definition) is 1. The largest absolute Gasteiger partial charge is 0.384 e. The van der Waals surface area contributed by atoms with Gasteiger partial charge >= 0.3 is 0 Å². The van der Waals surface area contributed by atoms with E-state index in [0.717, 1.165) is 14.6 Å². The first-order chi connectivity index (χ1) is 17.6. The molecule has 1 fully saturated rings. The molecule has 5 atom stereocenters. The molecule has 36 heavy (non-hydrogen) atoms. The van der Waals surface area contributed by atoms with Crippen molar-refractivity contribution in [3.05, 3.63) is 112 Å². The van der Waals surface area contributed by atoms with Gasteiger partial charge in [0.25, 0.3) is 0 Å².